The van der Waals surface area contributed by atoms with Crippen LogP contribution in [0.25, 0.3) is 0 Å². The minimum atomic E-state index is 0.0136. The van der Waals surface area contributed by atoms with E-state index < -0.39 is 0 Å². The van der Waals surface area contributed by atoms with Crippen LogP contribution in [0.4, 0.5) is 0 Å². The summed E-state index contributed by atoms with van der Waals surface area (Å²) in [4.78, 5) is 15.0. The number of nitrogens with zero attached hydrogens (tertiary/aromatic N) is 4. The lowest BCUT2D eigenvalue weighted by Gasteiger charge is -2.26. The van der Waals surface area contributed by atoms with Gasteiger partial charge in [0.15, 0.2) is 5.16 Å². The van der Waals surface area contributed by atoms with Gasteiger partial charge in [-0.15, -0.1) is 10.2 Å². The van der Waals surface area contributed by atoms with Crippen LogP contribution in [0, 0.1) is 0 Å². The fourth-order valence-electron chi connectivity index (χ4n) is 3.85. The van der Waals surface area contributed by atoms with Gasteiger partial charge in [-0.05, 0) is 43.9 Å². The maximum Gasteiger partial charge on any atom is 0.233 e. The highest BCUT2D eigenvalue weighted by molar-refractivity contribution is 7.99. The van der Waals surface area contributed by atoms with Crippen LogP contribution < -0.4 is 9.47 Å². The van der Waals surface area contributed by atoms with Gasteiger partial charge in [-0.2, -0.15) is 0 Å². The molecule has 4 rings (SSSR count). The maximum absolute atomic E-state index is 13.0. The molecule has 0 N–H and O–H groups in total. The summed E-state index contributed by atoms with van der Waals surface area (Å²) in [6, 6.07) is 5.78. The second-order valence-corrected chi connectivity index (χ2v) is 8.26. The fourth-order valence-corrected chi connectivity index (χ4v) is 4.65. The van der Waals surface area contributed by atoms with Crippen LogP contribution in [0.2, 0.25) is 0 Å². The number of amides is 1. The summed E-state index contributed by atoms with van der Waals surface area (Å²) in [6.07, 6.45) is 4.29. The molecule has 1 aromatic heterocycles. The Balaban J connectivity index is 1.46. The van der Waals surface area contributed by atoms with Crippen LogP contribution in [0.3, 0.4) is 0 Å². The van der Waals surface area contributed by atoms with Gasteiger partial charge in [0, 0.05) is 25.1 Å². The number of carbonyl (C=O) groups excluding carboxylic acids is 1. The molecular formula is C20H26N4O3S. The van der Waals surface area contributed by atoms with Crippen LogP contribution in [0.5, 0.6) is 11.5 Å². The van der Waals surface area contributed by atoms with Crippen molar-refractivity contribution in [3.63, 3.8) is 0 Å². The molecule has 2 heterocycles. The Kier molecular flexibility index (Phi) is 5.48. The highest BCUT2D eigenvalue weighted by atomic mass is 32.2. The van der Waals surface area contributed by atoms with Crippen LogP contribution in [-0.4, -0.2) is 52.1 Å². The van der Waals surface area contributed by atoms with Gasteiger partial charge in [0.2, 0.25) is 5.91 Å². The quantitative estimate of drug-likeness (QED) is 0.663. The van der Waals surface area contributed by atoms with E-state index in [1.807, 2.05) is 34.7 Å². The first-order chi connectivity index (χ1) is 13.6. The van der Waals surface area contributed by atoms with Crippen molar-refractivity contribution in [2.75, 3.05) is 26.5 Å². The number of carbonyl (C=O) groups is 1. The number of hydrogen-bond donors (Lipinski definition) is 0. The second-order valence-electron chi connectivity index (χ2n) is 7.32. The van der Waals surface area contributed by atoms with Crippen LogP contribution in [-0.2, 0) is 11.8 Å². The number of aromatic nitrogens is 3. The normalized spacial score (nSPS) is 19.1. The van der Waals surface area contributed by atoms with Crippen molar-refractivity contribution in [3.05, 3.63) is 29.6 Å². The lowest BCUT2D eigenvalue weighted by molar-refractivity contribution is -0.129. The number of ether oxygens (including phenoxy) is 2. The molecule has 1 saturated heterocycles. The van der Waals surface area contributed by atoms with Gasteiger partial charge in [-0.25, -0.2) is 0 Å². The summed E-state index contributed by atoms with van der Waals surface area (Å²) in [6.45, 7) is 0.760. The van der Waals surface area contributed by atoms with E-state index in [0.717, 1.165) is 47.4 Å². The first kappa shape index (κ1) is 19.1. The molecule has 150 valence electrons. The minimum Gasteiger partial charge on any atom is -0.497 e. The fraction of sp³-hybridized carbons (Fsp3) is 0.550. The molecule has 1 aromatic carbocycles. The maximum atomic E-state index is 13.0. The number of thioether (sulfide) groups is 1. The highest BCUT2D eigenvalue weighted by Gasteiger charge is 2.33. The van der Waals surface area contributed by atoms with E-state index >= 15 is 0 Å². The third-order valence-corrected chi connectivity index (χ3v) is 6.51. The smallest absolute Gasteiger partial charge is 0.233 e. The molecule has 0 spiro atoms. The van der Waals surface area contributed by atoms with Gasteiger partial charge in [-0.1, -0.05) is 11.8 Å². The van der Waals surface area contributed by atoms with Crippen molar-refractivity contribution in [2.24, 2.45) is 7.05 Å². The van der Waals surface area contributed by atoms with Gasteiger partial charge < -0.3 is 18.9 Å². The van der Waals surface area contributed by atoms with Crippen LogP contribution >= 0.6 is 11.8 Å². The molecule has 0 radical (unpaired) electrons. The molecule has 1 saturated carbocycles. The average Bonchev–Trinajstić information content (AvgIpc) is 3.32. The SMILES string of the molecule is COc1ccc(OC)c([C@H]2CCCN2C(=O)CSc2nnc(C3CC3)n2C)c1. The molecule has 1 amide bonds. The average molecular weight is 403 g/mol. The molecule has 2 aliphatic rings. The van der Waals surface area contributed by atoms with E-state index in [0.29, 0.717) is 11.7 Å². The number of benzene rings is 1. The highest BCUT2D eigenvalue weighted by Crippen LogP contribution is 2.41. The van der Waals surface area contributed by atoms with E-state index in [4.69, 9.17) is 9.47 Å². The predicted octanol–water partition coefficient (Wildman–Crippen LogP) is 3.17. The molecule has 0 unspecified atom stereocenters. The summed E-state index contributed by atoms with van der Waals surface area (Å²) in [5.74, 6) is 3.63. The summed E-state index contributed by atoms with van der Waals surface area (Å²) in [7, 11) is 5.30. The second kappa shape index (κ2) is 8.03. The van der Waals surface area contributed by atoms with Crippen molar-refractivity contribution in [2.45, 2.75) is 42.8 Å². The minimum absolute atomic E-state index is 0.0136. The van der Waals surface area contributed by atoms with Crippen LogP contribution in [0.1, 0.15) is 49.0 Å². The number of rotatable bonds is 7. The Labute approximate surface area is 169 Å². The largest absolute Gasteiger partial charge is 0.497 e. The molecule has 8 heteroatoms. The molecule has 0 bridgehead atoms. The van der Waals surface area contributed by atoms with Gasteiger partial charge in [-0.3, -0.25) is 4.79 Å². The van der Waals surface area contributed by atoms with Crippen molar-refractivity contribution < 1.29 is 14.3 Å². The zero-order chi connectivity index (χ0) is 19.7. The third-order valence-electron chi connectivity index (χ3n) is 5.50. The Morgan fingerprint density at radius 2 is 2.04 bits per heavy atom. The zero-order valence-corrected chi connectivity index (χ0v) is 17.4. The van der Waals surface area contributed by atoms with Crippen molar-refractivity contribution in [1.29, 1.82) is 0 Å². The Morgan fingerprint density at radius 1 is 1.21 bits per heavy atom. The Hall–Kier alpha value is -2.22. The molecule has 2 fully saturated rings. The predicted molar refractivity (Wildman–Crippen MR) is 107 cm³/mol. The Morgan fingerprint density at radius 3 is 2.75 bits per heavy atom. The molecule has 7 nitrogen and oxygen atoms in total. The van der Waals surface area contributed by atoms with Crippen molar-refractivity contribution in [3.8, 4) is 11.5 Å². The lowest BCUT2D eigenvalue weighted by Crippen LogP contribution is -2.32. The third kappa shape index (κ3) is 3.70. The van der Waals surface area contributed by atoms with E-state index in [2.05, 4.69) is 10.2 Å². The Bertz CT molecular complexity index is 865. The van der Waals surface area contributed by atoms with Gasteiger partial charge in [0.1, 0.15) is 17.3 Å². The number of methoxy groups -OCH3 is 2. The molecule has 28 heavy (non-hydrogen) atoms. The van der Waals surface area contributed by atoms with Gasteiger partial charge in [0.05, 0.1) is 26.0 Å². The molecule has 1 atom stereocenters. The molecule has 2 aromatic rings. The summed E-state index contributed by atoms with van der Waals surface area (Å²) < 4.78 is 12.9. The number of likely N-dealkylation sites (tertiary alicyclic amines) is 1. The van der Waals surface area contributed by atoms with E-state index in [9.17, 15) is 4.79 Å². The van der Waals surface area contributed by atoms with Gasteiger partial charge >= 0.3 is 0 Å². The van der Waals surface area contributed by atoms with Crippen molar-refractivity contribution >= 4 is 17.7 Å². The summed E-state index contributed by atoms with van der Waals surface area (Å²) >= 11 is 1.47. The standard InChI is InChI=1S/C20H26N4O3S/c1-23-19(13-6-7-13)21-22-20(23)28-12-18(25)24-10-4-5-16(24)15-11-14(26-2)8-9-17(15)27-3/h8-9,11,13,16H,4-7,10,12H2,1-3H3/t16-/m1/s1. The topological polar surface area (TPSA) is 69.5 Å². The van der Waals surface area contributed by atoms with E-state index in [1.165, 1.54) is 24.6 Å². The first-order valence-electron chi connectivity index (χ1n) is 9.66. The summed E-state index contributed by atoms with van der Waals surface area (Å²) in [5, 5.41) is 9.38. The van der Waals surface area contributed by atoms with E-state index in [1.54, 1.807) is 14.2 Å². The number of hydrogen-bond acceptors (Lipinski definition) is 6. The van der Waals surface area contributed by atoms with E-state index in [-0.39, 0.29) is 11.9 Å². The summed E-state index contributed by atoms with van der Waals surface area (Å²) in [5.41, 5.74) is 1.01. The first-order valence-corrected chi connectivity index (χ1v) is 10.6. The monoisotopic (exact) mass is 402 g/mol. The van der Waals surface area contributed by atoms with Crippen molar-refractivity contribution in [1.82, 2.24) is 19.7 Å². The molecule has 1 aliphatic carbocycles. The lowest BCUT2D eigenvalue weighted by atomic mass is 10.0. The van der Waals surface area contributed by atoms with Gasteiger partial charge in [0.25, 0.3) is 0 Å². The molecule has 1 aliphatic heterocycles. The molecular weight excluding hydrogens is 376 g/mol. The van der Waals surface area contributed by atoms with Crippen LogP contribution in [0.15, 0.2) is 23.4 Å². The zero-order valence-electron chi connectivity index (χ0n) is 16.6.